The Kier molecular flexibility index (Phi) is 5.99. The van der Waals surface area contributed by atoms with Crippen LogP contribution in [0.25, 0.3) is 10.9 Å². The van der Waals surface area contributed by atoms with Gasteiger partial charge in [0.15, 0.2) is 0 Å². The molecule has 0 radical (unpaired) electrons. The zero-order chi connectivity index (χ0) is 26.1. The van der Waals surface area contributed by atoms with Crippen molar-refractivity contribution in [2.75, 3.05) is 17.2 Å². The molecule has 176 valence electrons. The summed E-state index contributed by atoms with van der Waals surface area (Å²) in [5, 5.41) is 34.8. The highest BCUT2D eigenvalue weighted by atomic mass is 19.1. The van der Waals surface area contributed by atoms with Crippen LogP contribution in [0.5, 0.6) is 0 Å². The lowest BCUT2D eigenvalue weighted by Gasteiger charge is -2.22. The number of hydrogen-bond acceptors (Lipinski definition) is 7. The molecular weight excluding hydrogens is 443 g/mol. The lowest BCUT2D eigenvalue weighted by Crippen LogP contribution is -2.20. The van der Waals surface area contributed by atoms with E-state index in [1.165, 1.54) is 35.1 Å². The average molecular weight is 470 g/mol. The zero-order valence-corrected chi connectivity index (χ0v) is 19.9. The van der Waals surface area contributed by atoms with Crippen LogP contribution >= 0.6 is 0 Å². The average Bonchev–Trinajstić information content (AvgIpc) is 3.28. The van der Waals surface area contributed by atoms with E-state index in [4.69, 9.17) is 0 Å². The van der Waals surface area contributed by atoms with Gasteiger partial charge in [0.1, 0.15) is 23.6 Å². The van der Waals surface area contributed by atoms with Gasteiger partial charge < -0.3 is 10.6 Å². The lowest BCUT2D eigenvalue weighted by molar-refractivity contribution is 0.443. The van der Waals surface area contributed by atoms with Crippen LogP contribution in [0.2, 0.25) is 0 Å². The van der Waals surface area contributed by atoms with Gasteiger partial charge >= 0.3 is 0 Å². The summed E-state index contributed by atoms with van der Waals surface area (Å²) in [6, 6.07) is 11.6. The van der Waals surface area contributed by atoms with Crippen LogP contribution in [0.1, 0.15) is 50.5 Å². The van der Waals surface area contributed by atoms with E-state index < -0.39 is 11.8 Å². The Morgan fingerprint density at radius 2 is 1.86 bits per heavy atom. The van der Waals surface area contributed by atoms with E-state index in [1.807, 2.05) is 0 Å². The number of fused-ring (bicyclic) bond motifs is 1. The molecule has 9 heteroatoms. The van der Waals surface area contributed by atoms with Crippen molar-refractivity contribution >= 4 is 22.3 Å². The van der Waals surface area contributed by atoms with Gasteiger partial charge in [-0.3, -0.25) is 9.67 Å². The molecular formula is C26H25FN8. The van der Waals surface area contributed by atoms with Crippen LogP contribution in [-0.4, -0.2) is 26.5 Å². The Bertz CT molecular complexity index is 1510. The third-order valence-corrected chi connectivity index (χ3v) is 5.27. The zero-order valence-electron chi connectivity index (χ0n) is 20.9. The largest absolute Gasteiger partial charge is 0.383 e. The molecule has 0 aliphatic rings. The minimum Gasteiger partial charge on any atom is -0.383 e. The number of anilines is 2. The molecule has 4 aromatic rings. The molecule has 0 saturated heterocycles. The molecule has 8 nitrogen and oxygen atoms in total. The SMILES string of the molecule is [2H][C@@](Nc1cc(C#N)c2ncc(C#N)c(NCC(C)(C)C)c2c1)(c1ccc(F)cc1)c1cn(C)nn1. The van der Waals surface area contributed by atoms with Crippen molar-refractivity contribution in [2.24, 2.45) is 12.5 Å². The first-order chi connectivity index (χ1) is 17.0. The third kappa shape index (κ3) is 5.20. The van der Waals surface area contributed by atoms with Gasteiger partial charge in [0, 0.05) is 30.9 Å². The molecule has 2 aromatic carbocycles. The summed E-state index contributed by atoms with van der Waals surface area (Å²) in [5.41, 5.74) is 2.70. The minimum absolute atomic E-state index is 0.0683. The Morgan fingerprint density at radius 1 is 1.14 bits per heavy atom. The normalized spacial score (nSPS) is 13.4. The Hall–Kier alpha value is -4.50. The smallest absolute Gasteiger partial charge is 0.123 e. The lowest BCUT2D eigenvalue weighted by atomic mass is 9.96. The number of aromatic nitrogens is 4. The van der Waals surface area contributed by atoms with Crippen LogP contribution in [0.15, 0.2) is 48.8 Å². The van der Waals surface area contributed by atoms with E-state index in [2.05, 4.69) is 58.8 Å². The highest BCUT2D eigenvalue weighted by Crippen LogP contribution is 2.34. The molecule has 1 atom stereocenters. The monoisotopic (exact) mass is 469 g/mol. The van der Waals surface area contributed by atoms with Crippen molar-refractivity contribution in [2.45, 2.75) is 26.8 Å². The Balaban J connectivity index is 1.90. The first-order valence-corrected chi connectivity index (χ1v) is 11.0. The fourth-order valence-corrected chi connectivity index (χ4v) is 3.60. The fraction of sp³-hybridized carbons (Fsp3) is 0.269. The van der Waals surface area contributed by atoms with Gasteiger partial charge in [-0.15, -0.1) is 5.10 Å². The number of nitrogens with zero attached hydrogens (tertiary/aromatic N) is 6. The molecule has 2 heterocycles. The topological polar surface area (TPSA) is 115 Å². The molecule has 0 aliphatic carbocycles. The number of rotatable bonds is 6. The van der Waals surface area contributed by atoms with Gasteiger partial charge in [-0.2, -0.15) is 10.5 Å². The van der Waals surface area contributed by atoms with Gasteiger partial charge in [-0.25, -0.2) is 4.39 Å². The van der Waals surface area contributed by atoms with E-state index in [1.54, 1.807) is 25.4 Å². The molecule has 0 spiro atoms. The number of benzene rings is 2. The van der Waals surface area contributed by atoms with Crippen LogP contribution in [-0.2, 0) is 7.05 Å². The molecule has 0 amide bonds. The Labute approximate surface area is 204 Å². The number of aryl methyl sites for hydroxylation is 1. The van der Waals surface area contributed by atoms with Crippen LogP contribution in [0.4, 0.5) is 15.8 Å². The fourth-order valence-electron chi connectivity index (χ4n) is 3.60. The predicted molar refractivity (Wildman–Crippen MR) is 132 cm³/mol. The predicted octanol–water partition coefficient (Wildman–Crippen LogP) is 4.91. The molecule has 0 saturated carbocycles. The highest BCUT2D eigenvalue weighted by Gasteiger charge is 2.21. The first kappa shape index (κ1) is 22.3. The number of halogens is 1. The summed E-state index contributed by atoms with van der Waals surface area (Å²) in [4.78, 5) is 4.37. The summed E-state index contributed by atoms with van der Waals surface area (Å²) in [7, 11) is 1.69. The van der Waals surface area contributed by atoms with Gasteiger partial charge in [-0.1, -0.05) is 38.1 Å². The maximum atomic E-state index is 13.7. The van der Waals surface area contributed by atoms with Gasteiger partial charge in [0.2, 0.25) is 0 Å². The molecule has 2 N–H and O–H groups in total. The molecule has 0 fully saturated rings. The number of pyridine rings is 1. The molecule has 4 rings (SSSR count). The second kappa shape index (κ2) is 9.40. The molecule has 0 unspecified atom stereocenters. The highest BCUT2D eigenvalue weighted by molar-refractivity contribution is 5.99. The summed E-state index contributed by atoms with van der Waals surface area (Å²) in [6.45, 7) is 6.79. The van der Waals surface area contributed by atoms with E-state index in [0.29, 0.717) is 39.9 Å². The maximum Gasteiger partial charge on any atom is 0.123 e. The van der Waals surface area contributed by atoms with Gasteiger partial charge in [-0.05, 0) is 35.2 Å². The van der Waals surface area contributed by atoms with Crippen molar-refractivity contribution in [3.8, 4) is 12.1 Å². The van der Waals surface area contributed by atoms with E-state index in [9.17, 15) is 16.3 Å². The maximum absolute atomic E-state index is 13.7. The van der Waals surface area contributed by atoms with Crippen molar-refractivity contribution in [1.82, 2.24) is 20.0 Å². The van der Waals surface area contributed by atoms with Crippen molar-refractivity contribution < 1.29 is 5.76 Å². The van der Waals surface area contributed by atoms with E-state index in [0.717, 1.165) is 0 Å². The molecule has 0 aliphatic heterocycles. The quantitative estimate of drug-likeness (QED) is 0.412. The van der Waals surface area contributed by atoms with Crippen molar-refractivity contribution in [3.05, 3.63) is 77.0 Å². The summed E-state index contributed by atoms with van der Waals surface area (Å²) in [5.74, 6) is -0.428. The minimum atomic E-state index is -1.65. The van der Waals surface area contributed by atoms with E-state index in [-0.39, 0.29) is 16.7 Å². The molecule has 35 heavy (non-hydrogen) atoms. The van der Waals surface area contributed by atoms with E-state index >= 15 is 0 Å². The van der Waals surface area contributed by atoms with Gasteiger partial charge in [0.05, 0.1) is 35.9 Å². The second-order valence-corrected chi connectivity index (χ2v) is 9.39. The first-order valence-electron chi connectivity index (χ1n) is 11.5. The molecule has 2 aromatic heterocycles. The second-order valence-electron chi connectivity index (χ2n) is 9.39. The summed E-state index contributed by atoms with van der Waals surface area (Å²) >= 11 is 0. The summed E-state index contributed by atoms with van der Waals surface area (Å²) in [6.07, 6.45) is 3.05. The van der Waals surface area contributed by atoms with Gasteiger partial charge in [0.25, 0.3) is 0 Å². The third-order valence-electron chi connectivity index (χ3n) is 5.27. The van der Waals surface area contributed by atoms with Crippen molar-refractivity contribution in [3.63, 3.8) is 0 Å². The molecule has 0 bridgehead atoms. The number of nitriles is 2. The van der Waals surface area contributed by atoms with Crippen LogP contribution in [0, 0.1) is 33.9 Å². The van der Waals surface area contributed by atoms with Crippen LogP contribution in [0.3, 0.4) is 0 Å². The number of nitrogens with one attached hydrogen (secondary N) is 2. The number of hydrogen-bond donors (Lipinski definition) is 2. The van der Waals surface area contributed by atoms with Crippen molar-refractivity contribution in [1.29, 1.82) is 10.5 Å². The Morgan fingerprint density at radius 3 is 2.46 bits per heavy atom. The summed E-state index contributed by atoms with van der Waals surface area (Å²) < 4.78 is 24.5. The standard InChI is InChI=1S/C26H25FN8/c1-26(2,3)15-31-24-18(12-29)13-30-23-17(11-28)9-20(10-21(23)24)32-25(22-14-35(4)34-33-22)16-5-7-19(27)8-6-16/h5-10,13-14,25,32H,15H2,1-4H3,(H,30,31)/t25-/m1/s1/i25D. The van der Waals surface area contributed by atoms with Crippen LogP contribution < -0.4 is 10.6 Å².